The van der Waals surface area contributed by atoms with Crippen molar-refractivity contribution in [3.05, 3.63) is 53.6 Å². The highest BCUT2D eigenvalue weighted by molar-refractivity contribution is 7.92. The molecule has 0 fully saturated rings. The molecule has 2 rings (SSSR count). The van der Waals surface area contributed by atoms with E-state index in [1.54, 1.807) is 42.5 Å². The van der Waals surface area contributed by atoms with Gasteiger partial charge in [-0.3, -0.25) is 10.6 Å². The van der Waals surface area contributed by atoms with E-state index in [1.807, 2.05) is 20.8 Å². The Morgan fingerprint density at radius 3 is 2.23 bits per heavy atom. The summed E-state index contributed by atoms with van der Waals surface area (Å²) in [6.45, 7) is 5.96. The van der Waals surface area contributed by atoms with Gasteiger partial charge in [0.15, 0.2) is 0 Å². The summed E-state index contributed by atoms with van der Waals surface area (Å²) in [6.07, 6.45) is 0. The van der Waals surface area contributed by atoms with Gasteiger partial charge in [-0.2, -0.15) is 0 Å². The minimum atomic E-state index is -3.59. The van der Waals surface area contributed by atoms with Crippen molar-refractivity contribution in [3.63, 3.8) is 0 Å². The Morgan fingerprint density at radius 1 is 1.05 bits per heavy atom. The Morgan fingerprint density at radius 2 is 1.68 bits per heavy atom. The summed E-state index contributed by atoms with van der Waals surface area (Å²) < 4.78 is 27.4. The molecule has 6 heteroatoms. The van der Waals surface area contributed by atoms with Crippen molar-refractivity contribution in [3.8, 4) is 0 Å². The van der Waals surface area contributed by atoms with Crippen LogP contribution >= 0.6 is 0 Å². The first-order chi connectivity index (χ1) is 10.3. The maximum atomic E-state index is 12.4. The summed E-state index contributed by atoms with van der Waals surface area (Å²) in [5.41, 5.74) is 5.89. The van der Waals surface area contributed by atoms with Crippen LogP contribution in [0, 0.1) is 6.92 Å². The molecule has 0 saturated heterocycles. The number of nitrogens with two attached hydrogens (primary N) is 1. The summed E-state index contributed by atoms with van der Waals surface area (Å²) in [7, 11) is -3.59. The van der Waals surface area contributed by atoms with Crippen LogP contribution < -0.4 is 16.0 Å². The zero-order valence-electron chi connectivity index (χ0n) is 12.9. The normalized spacial score (nSPS) is 11.5. The lowest BCUT2D eigenvalue weighted by molar-refractivity contribution is 0.601. The van der Waals surface area contributed by atoms with E-state index in [-0.39, 0.29) is 10.8 Å². The molecule has 4 N–H and O–H groups in total. The van der Waals surface area contributed by atoms with Gasteiger partial charge in [-0.15, -0.1) is 0 Å². The molecule has 0 radical (unpaired) electrons. The maximum Gasteiger partial charge on any atom is 0.261 e. The Kier molecular flexibility index (Phi) is 4.73. The molecule has 2 aromatic rings. The second-order valence-corrected chi connectivity index (χ2v) is 7.20. The molecular formula is C16H21N3O2S. The molecule has 5 nitrogen and oxygen atoms in total. The van der Waals surface area contributed by atoms with E-state index in [4.69, 9.17) is 5.84 Å². The van der Waals surface area contributed by atoms with Crippen molar-refractivity contribution in [2.24, 2.45) is 5.84 Å². The fourth-order valence-electron chi connectivity index (χ4n) is 2.17. The van der Waals surface area contributed by atoms with Gasteiger partial charge < -0.3 is 5.43 Å². The molecule has 0 unspecified atom stereocenters. The number of nitrogen functional groups attached to an aromatic ring is 1. The van der Waals surface area contributed by atoms with Crippen LogP contribution in [0.5, 0.6) is 0 Å². The zero-order chi connectivity index (χ0) is 16.3. The molecule has 0 bridgehead atoms. The lowest BCUT2D eigenvalue weighted by Gasteiger charge is -2.15. The van der Waals surface area contributed by atoms with Crippen LogP contribution in [0.1, 0.15) is 30.9 Å². The van der Waals surface area contributed by atoms with E-state index in [0.29, 0.717) is 5.69 Å². The van der Waals surface area contributed by atoms with Crippen molar-refractivity contribution in [1.29, 1.82) is 0 Å². The number of anilines is 2. The topological polar surface area (TPSA) is 84.2 Å². The first-order valence-corrected chi connectivity index (χ1v) is 8.52. The van der Waals surface area contributed by atoms with Crippen LogP contribution in [0.2, 0.25) is 0 Å². The molecule has 2 aromatic carbocycles. The number of benzene rings is 2. The Balaban J connectivity index is 2.33. The predicted octanol–water partition coefficient (Wildman–Crippen LogP) is 3.20. The summed E-state index contributed by atoms with van der Waals surface area (Å²) in [6, 6.07) is 12.0. The predicted molar refractivity (Wildman–Crippen MR) is 90.3 cm³/mol. The molecule has 0 amide bonds. The summed E-state index contributed by atoms with van der Waals surface area (Å²) in [4.78, 5) is 0.241. The van der Waals surface area contributed by atoms with Crippen LogP contribution in [-0.2, 0) is 10.0 Å². The lowest BCUT2D eigenvalue weighted by Crippen LogP contribution is -2.14. The Hall–Kier alpha value is -2.05. The fraction of sp³-hybridized carbons (Fsp3) is 0.250. The molecule has 0 aliphatic rings. The van der Waals surface area contributed by atoms with E-state index in [0.717, 1.165) is 16.8 Å². The first kappa shape index (κ1) is 16.3. The Labute approximate surface area is 131 Å². The number of aryl methyl sites for hydroxylation is 1. The Bertz CT molecular complexity index is 753. The zero-order valence-corrected chi connectivity index (χ0v) is 13.7. The fourth-order valence-corrected chi connectivity index (χ4v) is 3.22. The molecular weight excluding hydrogens is 298 g/mol. The maximum absolute atomic E-state index is 12.4. The molecule has 118 valence electrons. The van der Waals surface area contributed by atoms with Gasteiger partial charge in [0.1, 0.15) is 0 Å². The number of rotatable bonds is 5. The van der Waals surface area contributed by atoms with E-state index in [1.165, 1.54) is 0 Å². The molecule has 0 heterocycles. The molecule has 0 aliphatic heterocycles. The second kappa shape index (κ2) is 6.37. The summed E-state index contributed by atoms with van der Waals surface area (Å²) in [5.74, 6) is 5.70. The van der Waals surface area contributed by atoms with E-state index < -0.39 is 10.0 Å². The monoisotopic (exact) mass is 319 g/mol. The van der Waals surface area contributed by atoms with E-state index in [2.05, 4.69) is 10.1 Å². The second-order valence-electron chi connectivity index (χ2n) is 5.52. The molecule has 0 spiro atoms. The van der Waals surface area contributed by atoms with Crippen molar-refractivity contribution in [2.75, 3.05) is 10.1 Å². The molecule has 0 aromatic heterocycles. The van der Waals surface area contributed by atoms with Gasteiger partial charge in [0.2, 0.25) is 0 Å². The largest absolute Gasteiger partial charge is 0.324 e. The molecule has 22 heavy (non-hydrogen) atoms. The van der Waals surface area contributed by atoms with Crippen molar-refractivity contribution >= 4 is 21.4 Å². The van der Waals surface area contributed by atoms with Crippen molar-refractivity contribution in [1.82, 2.24) is 0 Å². The van der Waals surface area contributed by atoms with Gasteiger partial charge in [-0.05, 0) is 48.7 Å². The van der Waals surface area contributed by atoms with Crippen molar-refractivity contribution < 1.29 is 8.42 Å². The average Bonchev–Trinajstić information content (AvgIpc) is 2.47. The summed E-state index contributed by atoms with van der Waals surface area (Å²) in [5, 5.41) is 0. The number of sulfonamides is 1. The number of hydrogen-bond donors (Lipinski definition) is 3. The van der Waals surface area contributed by atoms with Crippen LogP contribution in [-0.4, -0.2) is 8.42 Å². The van der Waals surface area contributed by atoms with Crippen molar-refractivity contribution in [2.45, 2.75) is 31.6 Å². The average molecular weight is 319 g/mol. The highest BCUT2D eigenvalue weighted by atomic mass is 32.2. The SMILES string of the molecule is Cc1ccc(S(=O)(=O)Nc2ccc(NN)c(C(C)C)c2)cc1. The van der Waals surface area contributed by atoms with Crippen LogP contribution in [0.4, 0.5) is 11.4 Å². The minimum Gasteiger partial charge on any atom is -0.324 e. The van der Waals surface area contributed by atoms with Gasteiger partial charge in [0.25, 0.3) is 10.0 Å². The smallest absolute Gasteiger partial charge is 0.261 e. The first-order valence-electron chi connectivity index (χ1n) is 7.03. The molecule has 0 atom stereocenters. The van der Waals surface area contributed by atoms with Crippen LogP contribution in [0.15, 0.2) is 47.4 Å². The van der Waals surface area contributed by atoms with Gasteiger partial charge in [-0.25, -0.2) is 8.42 Å². The highest BCUT2D eigenvalue weighted by Gasteiger charge is 2.15. The lowest BCUT2D eigenvalue weighted by atomic mass is 10.0. The molecule has 0 saturated carbocycles. The van der Waals surface area contributed by atoms with E-state index >= 15 is 0 Å². The van der Waals surface area contributed by atoms with Gasteiger partial charge in [0, 0.05) is 5.69 Å². The quantitative estimate of drug-likeness (QED) is 0.583. The third-order valence-electron chi connectivity index (χ3n) is 3.41. The summed E-state index contributed by atoms with van der Waals surface area (Å²) >= 11 is 0. The van der Waals surface area contributed by atoms with E-state index in [9.17, 15) is 8.42 Å². The number of hydrazine groups is 1. The number of hydrogen-bond acceptors (Lipinski definition) is 4. The third-order valence-corrected chi connectivity index (χ3v) is 4.81. The standard InChI is InChI=1S/C16H21N3O2S/c1-11(2)15-10-13(6-9-16(15)18-17)19-22(20,21)14-7-4-12(3)5-8-14/h4-11,18-19H,17H2,1-3H3. The van der Waals surface area contributed by atoms with Crippen LogP contribution in [0.25, 0.3) is 0 Å². The third kappa shape index (κ3) is 3.58. The van der Waals surface area contributed by atoms with Gasteiger partial charge in [-0.1, -0.05) is 31.5 Å². The molecule has 0 aliphatic carbocycles. The van der Waals surface area contributed by atoms with Crippen LogP contribution in [0.3, 0.4) is 0 Å². The van der Waals surface area contributed by atoms with Gasteiger partial charge >= 0.3 is 0 Å². The minimum absolute atomic E-state index is 0.217. The van der Waals surface area contributed by atoms with Gasteiger partial charge in [0.05, 0.1) is 10.6 Å². The number of nitrogens with one attached hydrogen (secondary N) is 2. The highest BCUT2D eigenvalue weighted by Crippen LogP contribution is 2.28.